The molecule has 0 aliphatic heterocycles. The molecule has 11 heteroatoms. The minimum Gasteiger partial charge on any atom is -0.278 e. The number of thiophene rings is 1. The highest BCUT2D eigenvalue weighted by molar-refractivity contribution is 7.95. The lowest BCUT2D eigenvalue weighted by atomic mass is 10.3. The van der Waals surface area contributed by atoms with Gasteiger partial charge in [0, 0.05) is 5.02 Å². The molecule has 0 radical (unpaired) electrons. The molecular formula is C16H10Cl3NO4S3. The summed E-state index contributed by atoms with van der Waals surface area (Å²) in [7, 11) is -8.12. The number of benzene rings is 2. The first-order valence-electron chi connectivity index (χ1n) is 7.17. The highest BCUT2D eigenvalue weighted by Gasteiger charge is 2.26. The van der Waals surface area contributed by atoms with Gasteiger partial charge in [-0.25, -0.2) is 16.8 Å². The van der Waals surface area contributed by atoms with Crippen molar-refractivity contribution in [3.05, 3.63) is 69.0 Å². The predicted octanol–water partition coefficient (Wildman–Crippen LogP) is 5.34. The Balaban J connectivity index is 2.18. The molecule has 0 aliphatic carbocycles. The average Bonchev–Trinajstić information content (AvgIpc) is 3.13. The zero-order valence-electron chi connectivity index (χ0n) is 13.2. The highest BCUT2D eigenvalue weighted by Crippen LogP contribution is 2.36. The maximum absolute atomic E-state index is 13.1. The van der Waals surface area contributed by atoms with Crippen LogP contribution in [0.4, 0.5) is 5.69 Å². The molecule has 0 aliphatic rings. The summed E-state index contributed by atoms with van der Waals surface area (Å²) in [5.74, 6) is 0. The van der Waals surface area contributed by atoms with E-state index in [9.17, 15) is 16.8 Å². The monoisotopic (exact) mass is 481 g/mol. The topological polar surface area (TPSA) is 80.3 Å². The van der Waals surface area contributed by atoms with Crippen molar-refractivity contribution in [2.45, 2.75) is 14.0 Å². The van der Waals surface area contributed by atoms with E-state index in [0.717, 1.165) is 23.5 Å². The van der Waals surface area contributed by atoms with Gasteiger partial charge in [0.1, 0.15) is 4.21 Å². The van der Waals surface area contributed by atoms with Crippen LogP contribution in [0.15, 0.2) is 67.9 Å². The fourth-order valence-corrected chi connectivity index (χ4v) is 6.44. The van der Waals surface area contributed by atoms with Gasteiger partial charge in [0.25, 0.3) is 10.0 Å². The molecule has 0 spiro atoms. The van der Waals surface area contributed by atoms with Crippen LogP contribution in [-0.4, -0.2) is 16.8 Å². The summed E-state index contributed by atoms with van der Waals surface area (Å²) in [5, 5.41) is 1.78. The summed E-state index contributed by atoms with van der Waals surface area (Å²) in [6.45, 7) is 0. The first-order valence-corrected chi connectivity index (χ1v) is 12.2. The van der Waals surface area contributed by atoms with Crippen molar-refractivity contribution >= 4 is 71.7 Å². The van der Waals surface area contributed by atoms with Gasteiger partial charge in [0.05, 0.1) is 25.5 Å². The number of sulfone groups is 1. The molecule has 27 heavy (non-hydrogen) atoms. The van der Waals surface area contributed by atoms with E-state index in [1.165, 1.54) is 30.3 Å². The third kappa shape index (κ3) is 4.26. The van der Waals surface area contributed by atoms with E-state index >= 15 is 0 Å². The lowest BCUT2D eigenvalue weighted by Gasteiger charge is -2.14. The van der Waals surface area contributed by atoms with Crippen molar-refractivity contribution in [2.75, 3.05) is 4.72 Å². The van der Waals surface area contributed by atoms with Gasteiger partial charge in [-0.1, -0.05) is 46.9 Å². The third-order valence-corrected chi connectivity index (χ3v) is 8.93. The molecule has 0 fully saturated rings. The van der Waals surface area contributed by atoms with Gasteiger partial charge in [-0.15, -0.1) is 11.3 Å². The van der Waals surface area contributed by atoms with E-state index in [4.69, 9.17) is 34.8 Å². The van der Waals surface area contributed by atoms with Gasteiger partial charge >= 0.3 is 0 Å². The second-order valence-electron chi connectivity index (χ2n) is 5.26. The Hall–Kier alpha value is -1.29. The first-order chi connectivity index (χ1) is 12.6. The summed E-state index contributed by atoms with van der Waals surface area (Å²) in [5.41, 5.74) is -0.210. The molecule has 1 heterocycles. The summed E-state index contributed by atoms with van der Waals surface area (Å²) in [6.07, 6.45) is 0. The minimum absolute atomic E-state index is 0.00518. The molecule has 0 amide bonds. The molecule has 142 valence electrons. The van der Waals surface area contributed by atoms with Gasteiger partial charge in [0.2, 0.25) is 9.84 Å². The average molecular weight is 483 g/mol. The summed E-state index contributed by atoms with van der Waals surface area (Å²) >= 11 is 18.8. The van der Waals surface area contributed by atoms with Crippen LogP contribution in [0, 0.1) is 0 Å². The highest BCUT2D eigenvalue weighted by atomic mass is 35.5. The Morgan fingerprint density at radius 1 is 0.852 bits per heavy atom. The van der Waals surface area contributed by atoms with Crippen LogP contribution in [0.25, 0.3) is 0 Å². The van der Waals surface area contributed by atoms with E-state index in [2.05, 4.69) is 4.72 Å². The number of nitrogens with one attached hydrogen (secondary N) is 1. The Labute approximate surface area is 175 Å². The van der Waals surface area contributed by atoms with E-state index in [-0.39, 0.29) is 34.8 Å². The zero-order valence-corrected chi connectivity index (χ0v) is 17.9. The van der Waals surface area contributed by atoms with Gasteiger partial charge in [0.15, 0.2) is 0 Å². The lowest BCUT2D eigenvalue weighted by Crippen LogP contribution is -2.15. The largest absolute Gasteiger partial charge is 0.278 e. The number of sulfonamides is 1. The minimum atomic E-state index is -4.12. The molecule has 0 saturated carbocycles. The number of hydrogen-bond acceptors (Lipinski definition) is 5. The van der Waals surface area contributed by atoms with Gasteiger partial charge in [-0.2, -0.15) is 0 Å². The fraction of sp³-hybridized carbons (Fsp3) is 0. The molecule has 3 rings (SSSR count). The van der Waals surface area contributed by atoms with Crippen LogP contribution in [0.2, 0.25) is 15.1 Å². The van der Waals surface area contributed by atoms with Gasteiger partial charge < -0.3 is 0 Å². The number of hydrogen-bond donors (Lipinski definition) is 1. The second kappa shape index (κ2) is 7.62. The van der Waals surface area contributed by atoms with Crippen molar-refractivity contribution in [1.82, 2.24) is 0 Å². The zero-order chi connectivity index (χ0) is 19.8. The van der Waals surface area contributed by atoms with E-state index in [0.29, 0.717) is 0 Å². The second-order valence-corrected chi connectivity index (χ2v) is 11.3. The SMILES string of the molecule is O=S(=O)(Nc1cc(Cl)c(Cl)cc1S(=O)(=O)c1cccc(Cl)c1)c1cccs1. The van der Waals surface area contributed by atoms with Crippen LogP contribution in [0.3, 0.4) is 0 Å². The molecule has 0 unspecified atom stereocenters. The maximum Gasteiger partial charge on any atom is 0.271 e. The molecule has 0 atom stereocenters. The molecule has 0 saturated heterocycles. The molecule has 1 N–H and O–H groups in total. The molecule has 0 bridgehead atoms. The van der Waals surface area contributed by atoms with Crippen molar-refractivity contribution in [2.24, 2.45) is 0 Å². The Morgan fingerprint density at radius 3 is 2.19 bits per heavy atom. The Bertz CT molecular complexity index is 1210. The molecule has 2 aromatic carbocycles. The van der Waals surface area contributed by atoms with Gasteiger partial charge in [-0.05, 0) is 41.8 Å². The quantitative estimate of drug-likeness (QED) is 0.532. The van der Waals surface area contributed by atoms with Crippen molar-refractivity contribution < 1.29 is 16.8 Å². The molecule has 3 aromatic rings. The summed E-state index contributed by atoms with van der Waals surface area (Å²) < 4.78 is 53.5. The normalized spacial score (nSPS) is 12.1. The van der Waals surface area contributed by atoms with E-state index < -0.39 is 19.9 Å². The van der Waals surface area contributed by atoms with Crippen molar-refractivity contribution in [1.29, 1.82) is 0 Å². The first kappa shape index (κ1) is 20.4. The predicted molar refractivity (Wildman–Crippen MR) is 108 cm³/mol. The Kier molecular flexibility index (Phi) is 5.77. The van der Waals surface area contributed by atoms with Crippen LogP contribution in [-0.2, 0) is 19.9 Å². The standard InChI is InChI=1S/C16H10Cl3NO4S3/c17-10-3-1-4-11(7-10)26(21,22)15-9-13(19)12(18)8-14(15)20-27(23,24)16-5-2-6-25-16/h1-9,20H. The van der Waals surface area contributed by atoms with Crippen LogP contribution in [0.5, 0.6) is 0 Å². The van der Waals surface area contributed by atoms with Crippen molar-refractivity contribution in [3.63, 3.8) is 0 Å². The van der Waals surface area contributed by atoms with E-state index in [1.54, 1.807) is 11.4 Å². The summed E-state index contributed by atoms with van der Waals surface area (Å²) in [4.78, 5) is -0.441. The van der Waals surface area contributed by atoms with Crippen molar-refractivity contribution in [3.8, 4) is 0 Å². The fourth-order valence-electron chi connectivity index (χ4n) is 2.20. The Morgan fingerprint density at radius 2 is 1.56 bits per heavy atom. The van der Waals surface area contributed by atoms with Gasteiger partial charge in [-0.3, -0.25) is 4.72 Å². The molecular weight excluding hydrogens is 473 g/mol. The van der Waals surface area contributed by atoms with Crippen LogP contribution in [0.1, 0.15) is 0 Å². The molecule has 5 nitrogen and oxygen atoms in total. The summed E-state index contributed by atoms with van der Waals surface area (Å²) in [6, 6.07) is 10.8. The smallest absolute Gasteiger partial charge is 0.271 e. The number of anilines is 1. The van der Waals surface area contributed by atoms with Crippen LogP contribution < -0.4 is 4.72 Å². The number of rotatable bonds is 5. The number of halogens is 3. The lowest BCUT2D eigenvalue weighted by molar-refractivity contribution is 0.596. The van der Waals surface area contributed by atoms with E-state index in [1.807, 2.05) is 0 Å². The maximum atomic E-state index is 13.1. The third-order valence-electron chi connectivity index (χ3n) is 3.42. The van der Waals surface area contributed by atoms with Crippen LogP contribution >= 0.6 is 46.1 Å². The molecule has 1 aromatic heterocycles.